The van der Waals surface area contributed by atoms with E-state index in [1.165, 1.54) is 42.9 Å². The lowest BCUT2D eigenvalue weighted by Crippen LogP contribution is -2.38. The molecule has 0 bridgehead atoms. The molecule has 31 heteroatoms. The van der Waals surface area contributed by atoms with E-state index in [1.54, 1.807) is 49.4 Å². The van der Waals surface area contributed by atoms with Crippen LogP contribution in [0.4, 0.5) is 46.2 Å². The summed E-state index contributed by atoms with van der Waals surface area (Å²) in [5.41, 5.74) is 15.7. The molecule has 20 aromatic rings. The van der Waals surface area contributed by atoms with Crippen molar-refractivity contribution in [2.45, 2.75) is 121 Å². The number of hydrogen-bond acceptors (Lipinski definition) is 19. The Kier molecular flexibility index (Phi) is 29.7. The van der Waals surface area contributed by atoms with Crippen molar-refractivity contribution in [1.29, 1.82) is 0 Å². The van der Waals surface area contributed by atoms with Crippen molar-refractivity contribution in [3.8, 4) is 44.8 Å². The van der Waals surface area contributed by atoms with Crippen LogP contribution < -0.4 is 66.3 Å². The standard InChI is InChI=1S/C30H32N6O2.C29H29N5O2.C28H28N6O2.C27H26N6O2/c1-19(2)17-35-28-26(29(37)34(5)30(35)38)27(32-24-9-7-6-8-10-24)36(33-28)18-22-11-13-23(14-12-22)25-16-20(3)15-21(4)31-25;1-20(2)18-33-27-25(28(35)32(3)29(33)36)26(30-24-12-8-5-9-13-24)34(31-27)19-21-14-16-23(17-15-21)22-10-6-4-7-11-22;1-19(2)17-33-26-24(27(35)32(3)28(33)36)25(30-23-11-7-8-16-29-23)34(31-26)18-20-12-14-22(15-13-20)21-9-5-4-6-10-21;1-18(2)33-25-23(26(34)31(3)27(33)35)24(29-21-9-5-4-6-10-21)32(30-25)17-19-12-14-20(15-13-19)22-11-7-8-16-28-22/h6-16,19,32H,17-18H2,1-5H3;4-17,20,30H,18-19H2,1-3H3;4-16,19H,17-18H2,1-3H3,(H,29,30);4-16,18,29H,17H2,1-3H3. The average Bonchev–Trinajstić information content (AvgIpc) is 1.61. The third-order valence-corrected chi connectivity index (χ3v) is 24.7. The van der Waals surface area contributed by atoms with Gasteiger partial charge in [0.2, 0.25) is 0 Å². The Morgan fingerprint density at radius 3 is 0.890 bits per heavy atom. The van der Waals surface area contributed by atoms with Crippen molar-refractivity contribution in [3.63, 3.8) is 0 Å². The van der Waals surface area contributed by atoms with Crippen LogP contribution in [0.3, 0.4) is 0 Å². The van der Waals surface area contributed by atoms with Gasteiger partial charge in [-0.25, -0.2) is 42.9 Å². The van der Waals surface area contributed by atoms with Gasteiger partial charge in [0.05, 0.1) is 37.6 Å². The number of pyridine rings is 3. The van der Waals surface area contributed by atoms with E-state index in [9.17, 15) is 38.4 Å². The van der Waals surface area contributed by atoms with Crippen molar-refractivity contribution in [1.82, 2.24) is 90.6 Å². The van der Waals surface area contributed by atoms with Crippen LogP contribution in [0.2, 0.25) is 0 Å². The minimum absolute atomic E-state index is 0.164. The van der Waals surface area contributed by atoms with Crippen LogP contribution in [0.5, 0.6) is 0 Å². The van der Waals surface area contributed by atoms with Gasteiger partial charge in [-0.05, 0) is 168 Å². The highest BCUT2D eigenvalue weighted by Crippen LogP contribution is 2.34. The summed E-state index contributed by atoms with van der Waals surface area (Å²) in [5.74, 6) is 3.39. The molecule has 0 spiro atoms. The summed E-state index contributed by atoms with van der Waals surface area (Å²) >= 11 is 0. The minimum atomic E-state index is -0.390. The molecule has 0 atom stereocenters. The first-order valence-electron chi connectivity index (χ1n) is 48.3. The summed E-state index contributed by atoms with van der Waals surface area (Å²) in [4.78, 5) is 119. The summed E-state index contributed by atoms with van der Waals surface area (Å²) in [6.45, 7) is 23.2. The molecule has 0 aliphatic carbocycles. The smallest absolute Gasteiger partial charge is 0.332 e. The maximum Gasteiger partial charge on any atom is 0.332 e. The maximum atomic E-state index is 13.4. The van der Waals surface area contributed by atoms with Gasteiger partial charge in [0, 0.05) is 100 Å². The van der Waals surface area contributed by atoms with Gasteiger partial charge in [-0.3, -0.25) is 65.7 Å². The molecule has 0 fully saturated rings. The number of nitrogens with one attached hydrogen (secondary N) is 4. The third kappa shape index (κ3) is 21.9. The zero-order valence-corrected chi connectivity index (χ0v) is 83.5. The first-order chi connectivity index (χ1) is 70.0. The highest BCUT2D eigenvalue weighted by molar-refractivity contribution is 5.93. The highest BCUT2D eigenvalue weighted by atomic mass is 16.2. The molecule has 0 aliphatic rings. The molecule has 0 radical (unpaired) electrons. The van der Waals surface area contributed by atoms with Crippen molar-refractivity contribution in [3.05, 3.63) is 427 Å². The van der Waals surface area contributed by atoms with Gasteiger partial charge in [-0.1, -0.05) is 266 Å². The Hall–Kier alpha value is -17.8. The average molecular weight is 1940 g/mol. The fourth-order valence-electron chi connectivity index (χ4n) is 17.6. The molecule has 11 aromatic heterocycles. The van der Waals surface area contributed by atoms with Gasteiger partial charge in [0.15, 0.2) is 22.6 Å². The molecular formula is C114H115N23O8. The quantitative estimate of drug-likeness (QED) is 0.0371. The topological polar surface area (TPSA) is 334 Å². The van der Waals surface area contributed by atoms with Crippen molar-refractivity contribution in [2.75, 3.05) is 21.3 Å². The van der Waals surface area contributed by atoms with E-state index in [4.69, 9.17) is 20.4 Å². The molecule has 0 unspecified atom stereocenters. The Labute approximate surface area is 835 Å². The molecule has 11 heterocycles. The second kappa shape index (κ2) is 43.5. The number of anilines is 8. The Balaban J connectivity index is 0.000000132. The lowest BCUT2D eigenvalue weighted by Gasteiger charge is -2.12. The van der Waals surface area contributed by atoms with Crippen LogP contribution in [0.1, 0.15) is 94.9 Å². The molecule has 31 nitrogen and oxygen atoms in total. The largest absolute Gasteiger partial charge is 0.340 e. The third-order valence-electron chi connectivity index (χ3n) is 24.7. The van der Waals surface area contributed by atoms with E-state index in [0.29, 0.717) is 119 Å². The Morgan fingerprint density at radius 1 is 0.283 bits per heavy atom. The summed E-state index contributed by atoms with van der Waals surface area (Å²) in [7, 11) is 6.05. The van der Waals surface area contributed by atoms with E-state index in [-0.39, 0.29) is 68.8 Å². The maximum absolute atomic E-state index is 13.4. The summed E-state index contributed by atoms with van der Waals surface area (Å²) in [6.07, 6.45) is 3.45. The number of nitrogens with zero attached hydrogens (tertiary/aromatic N) is 19. The molecule has 20 rings (SSSR count). The number of rotatable bonds is 27. The van der Waals surface area contributed by atoms with Crippen LogP contribution in [0, 0.1) is 31.6 Å². The van der Waals surface area contributed by atoms with Crippen LogP contribution in [0.25, 0.3) is 88.9 Å². The van der Waals surface area contributed by atoms with Crippen molar-refractivity contribution < 1.29 is 0 Å². The molecule has 9 aromatic carbocycles. The molecule has 145 heavy (non-hydrogen) atoms. The Morgan fingerprint density at radius 2 is 0.572 bits per heavy atom. The van der Waals surface area contributed by atoms with E-state index in [1.807, 2.05) is 263 Å². The fraction of sp³-hybridized carbons (Fsp3) is 0.219. The lowest BCUT2D eigenvalue weighted by molar-refractivity contribution is 0.498. The zero-order chi connectivity index (χ0) is 102. The van der Waals surface area contributed by atoms with E-state index < -0.39 is 0 Å². The molecular weight excluding hydrogens is 1820 g/mol. The molecule has 0 saturated carbocycles. The normalized spacial score (nSPS) is 11.4. The lowest BCUT2D eigenvalue weighted by atomic mass is 10.0. The van der Waals surface area contributed by atoms with Gasteiger partial charge in [0.25, 0.3) is 22.2 Å². The fourth-order valence-corrected chi connectivity index (χ4v) is 17.6. The van der Waals surface area contributed by atoms with Crippen LogP contribution in [-0.4, -0.2) is 90.6 Å². The number of aryl methyl sites for hydroxylation is 2. The second-order valence-corrected chi connectivity index (χ2v) is 37.6. The summed E-state index contributed by atoms with van der Waals surface area (Å²) in [5, 5.41) is 34.1. The number of hydrogen-bond donors (Lipinski definition) is 4. The predicted molar refractivity (Wildman–Crippen MR) is 578 cm³/mol. The monoisotopic (exact) mass is 1930 g/mol. The highest BCUT2D eigenvalue weighted by Gasteiger charge is 2.29. The van der Waals surface area contributed by atoms with E-state index >= 15 is 0 Å². The van der Waals surface area contributed by atoms with Crippen LogP contribution in [0.15, 0.2) is 348 Å². The zero-order valence-electron chi connectivity index (χ0n) is 83.5. The van der Waals surface area contributed by atoms with Crippen LogP contribution in [-0.2, 0) is 74.0 Å². The van der Waals surface area contributed by atoms with Gasteiger partial charge < -0.3 is 21.3 Å². The Bertz CT molecular complexity index is 8290. The van der Waals surface area contributed by atoms with Gasteiger partial charge >= 0.3 is 22.8 Å². The van der Waals surface area contributed by atoms with E-state index in [0.717, 1.165) is 98.9 Å². The molecule has 734 valence electrons. The number of benzene rings is 9. The molecule has 0 aliphatic heterocycles. The number of fused-ring (bicyclic) bond motifs is 4. The molecule has 0 amide bonds. The van der Waals surface area contributed by atoms with Gasteiger partial charge in [-0.2, -0.15) is 20.4 Å². The van der Waals surface area contributed by atoms with E-state index in [2.05, 4.69) is 140 Å². The summed E-state index contributed by atoms with van der Waals surface area (Å²) in [6, 6.07) is 97.6. The number of para-hydroxylation sites is 3. The van der Waals surface area contributed by atoms with Gasteiger partial charge in [0.1, 0.15) is 50.6 Å². The summed E-state index contributed by atoms with van der Waals surface area (Å²) < 4.78 is 18.0. The second-order valence-electron chi connectivity index (χ2n) is 37.6. The number of aromatic nitrogens is 19. The van der Waals surface area contributed by atoms with Crippen molar-refractivity contribution >= 4 is 90.3 Å². The van der Waals surface area contributed by atoms with Gasteiger partial charge in [-0.15, -0.1) is 0 Å². The SMILES string of the molecule is CC(C)Cn1c(=O)n(C)c(=O)c2c(Nc3ccccc3)n(Cc3ccc(-c4ccccc4)cc3)nc21.CC(C)Cn1c(=O)n(C)c(=O)c2c(Nc3ccccn3)n(Cc3ccc(-c4ccccc4)cc3)nc21.CC(C)n1c(=O)n(C)c(=O)c2c(Nc3ccccc3)n(Cc3ccc(-c4ccccn4)cc3)nc21.Cc1cc(C)nc(-c2ccc(Cn3nc4c(c3Nc3ccccc3)c(=O)n(C)c(=O)n4CC(C)C)cc2)c1. The minimum Gasteiger partial charge on any atom is -0.340 e. The molecule has 4 N–H and O–H groups in total. The van der Waals surface area contributed by atoms with Crippen LogP contribution >= 0.6 is 0 Å². The van der Waals surface area contributed by atoms with Crippen molar-refractivity contribution in [2.24, 2.45) is 45.9 Å². The first-order valence-corrected chi connectivity index (χ1v) is 48.3. The predicted octanol–water partition coefficient (Wildman–Crippen LogP) is 18.8. The first kappa shape index (κ1) is 98.8. The molecule has 0 saturated heterocycles.